The number of alkyl carbamates (subject to hydrolysis) is 2. The number of nitrogens with one attached hydrogen (secondary N) is 2. The monoisotopic (exact) mass is 420 g/mol. The van der Waals surface area contributed by atoms with Gasteiger partial charge in [-0.3, -0.25) is 0 Å². The Morgan fingerprint density at radius 1 is 0.839 bits per heavy atom. The topological polar surface area (TPSA) is 76.7 Å². The number of rotatable bonds is 8. The Balaban J connectivity index is 1.46. The first-order valence-corrected chi connectivity index (χ1v) is 10.4. The lowest BCUT2D eigenvalue weighted by atomic mass is 10.00. The quantitative estimate of drug-likeness (QED) is 0.516. The number of carbonyl (C=O) groups excluding carboxylic acids is 2. The van der Waals surface area contributed by atoms with Crippen LogP contribution in [0.1, 0.15) is 37.4 Å². The number of carbonyl (C=O) groups is 2. The summed E-state index contributed by atoms with van der Waals surface area (Å²) in [5.74, 6) is 0. The van der Waals surface area contributed by atoms with Gasteiger partial charge in [-0.05, 0) is 35.2 Å². The Morgan fingerprint density at radius 3 is 2.29 bits per heavy atom. The molecule has 0 unspecified atom stereocenters. The van der Waals surface area contributed by atoms with Gasteiger partial charge in [-0.2, -0.15) is 0 Å². The molecule has 162 valence electrons. The third kappa shape index (κ3) is 6.47. The number of amides is 2. The molecule has 3 aromatic rings. The summed E-state index contributed by atoms with van der Waals surface area (Å²) in [6.07, 6.45) is -0.464. The van der Waals surface area contributed by atoms with E-state index in [0.29, 0.717) is 6.42 Å². The van der Waals surface area contributed by atoms with Crippen LogP contribution in [-0.2, 0) is 16.1 Å². The second kappa shape index (κ2) is 11.0. The van der Waals surface area contributed by atoms with Crippen molar-refractivity contribution < 1.29 is 19.1 Å². The van der Waals surface area contributed by atoms with Gasteiger partial charge in [0.25, 0.3) is 0 Å². The Kier molecular flexibility index (Phi) is 7.87. The van der Waals surface area contributed by atoms with Crippen LogP contribution >= 0.6 is 0 Å². The van der Waals surface area contributed by atoms with Gasteiger partial charge in [0, 0.05) is 0 Å². The van der Waals surface area contributed by atoms with Gasteiger partial charge in [-0.25, -0.2) is 9.59 Å². The Labute approximate surface area is 182 Å². The average Bonchev–Trinajstić information content (AvgIpc) is 2.80. The SMILES string of the molecule is CC[C@H](COC(=O)N[C@H](C)c1cccc2ccccc12)NC(=O)OCc1ccccc1. The van der Waals surface area contributed by atoms with Crippen molar-refractivity contribution in [3.63, 3.8) is 0 Å². The molecule has 0 bridgehead atoms. The van der Waals surface area contributed by atoms with E-state index in [1.165, 1.54) is 0 Å². The summed E-state index contributed by atoms with van der Waals surface area (Å²) in [5.41, 5.74) is 1.92. The van der Waals surface area contributed by atoms with Crippen molar-refractivity contribution in [3.8, 4) is 0 Å². The number of ether oxygens (including phenoxy) is 2. The fraction of sp³-hybridized carbons (Fsp3) is 0.280. The Morgan fingerprint density at radius 2 is 1.52 bits per heavy atom. The fourth-order valence-corrected chi connectivity index (χ4v) is 3.29. The van der Waals surface area contributed by atoms with E-state index < -0.39 is 12.2 Å². The summed E-state index contributed by atoms with van der Waals surface area (Å²) in [6.45, 7) is 4.07. The number of hydrogen-bond acceptors (Lipinski definition) is 4. The predicted molar refractivity (Wildman–Crippen MR) is 121 cm³/mol. The average molecular weight is 421 g/mol. The third-order valence-electron chi connectivity index (χ3n) is 5.07. The standard InChI is InChI=1S/C25H28N2O4/c1-3-21(27-25(29)30-16-19-10-5-4-6-11-19)17-31-24(28)26-18(2)22-15-9-13-20-12-7-8-14-23(20)22/h4-15,18,21H,3,16-17H2,1-2H3,(H,26,28)(H,27,29)/t18-,21-/m1/s1. The van der Waals surface area contributed by atoms with Crippen molar-refractivity contribution in [2.24, 2.45) is 0 Å². The molecule has 0 aliphatic heterocycles. The largest absolute Gasteiger partial charge is 0.447 e. The first-order chi connectivity index (χ1) is 15.1. The van der Waals surface area contributed by atoms with Crippen molar-refractivity contribution in [3.05, 3.63) is 83.9 Å². The van der Waals surface area contributed by atoms with Gasteiger partial charge in [0.15, 0.2) is 0 Å². The highest BCUT2D eigenvalue weighted by atomic mass is 16.6. The van der Waals surface area contributed by atoms with E-state index >= 15 is 0 Å². The van der Waals surface area contributed by atoms with Gasteiger partial charge in [0.2, 0.25) is 0 Å². The molecule has 0 aliphatic rings. The summed E-state index contributed by atoms with van der Waals surface area (Å²) in [5, 5.41) is 7.80. The molecule has 0 saturated heterocycles. The highest BCUT2D eigenvalue weighted by molar-refractivity contribution is 5.86. The number of fused-ring (bicyclic) bond motifs is 1. The lowest BCUT2D eigenvalue weighted by molar-refractivity contribution is 0.113. The first-order valence-electron chi connectivity index (χ1n) is 10.4. The maximum Gasteiger partial charge on any atom is 0.407 e. The predicted octanol–water partition coefficient (Wildman–Crippen LogP) is 5.33. The Bertz CT molecular complexity index is 1000. The van der Waals surface area contributed by atoms with Gasteiger partial charge >= 0.3 is 12.2 Å². The van der Waals surface area contributed by atoms with Crippen LogP contribution in [0.4, 0.5) is 9.59 Å². The summed E-state index contributed by atoms with van der Waals surface area (Å²) in [7, 11) is 0. The van der Waals surface area contributed by atoms with Crippen LogP contribution in [0.2, 0.25) is 0 Å². The van der Waals surface area contributed by atoms with E-state index in [2.05, 4.69) is 10.6 Å². The zero-order valence-electron chi connectivity index (χ0n) is 17.8. The second-order valence-electron chi connectivity index (χ2n) is 7.34. The molecule has 0 radical (unpaired) electrons. The molecule has 0 heterocycles. The minimum Gasteiger partial charge on any atom is -0.447 e. The highest BCUT2D eigenvalue weighted by Gasteiger charge is 2.16. The number of hydrogen-bond donors (Lipinski definition) is 2. The smallest absolute Gasteiger partial charge is 0.407 e. The summed E-state index contributed by atoms with van der Waals surface area (Å²) < 4.78 is 10.6. The molecule has 0 spiro atoms. The van der Waals surface area contributed by atoms with Gasteiger partial charge in [0.05, 0.1) is 12.1 Å². The lowest BCUT2D eigenvalue weighted by Gasteiger charge is -2.19. The molecule has 3 aromatic carbocycles. The Hall–Kier alpha value is -3.54. The zero-order chi connectivity index (χ0) is 22.1. The van der Waals surface area contributed by atoms with E-state index in [1.807, 2.05) is 86.6 Å². The fourth-order valence-electron chi connectivity index (χ4n) is 3.29. The van der Waals surface area contributed by atoms with E-state index in [1.54, 1.807) is 0 Å². The molecule has 3 rings (SSSR count). The molecule has 31 heavy (non-hydrogen) atoms. The van der Waals surface area contributed by atoms with Crippen molar-refractivity contribution in [1.82, 2.24) is 10.6 Å². The minimum atomic E-state index is -0.538. The maximum atomic E-state index is 12.3. The number of benzene rings is 3. The van der Waals surface area contributed by atoms with Crippen LogP contribution in [0.15, 0.2) is 72.8 Å². The molecule has 0 saturated carbocycles. The van der Waals surface area contributed by atoms with Crippen LogP contribution in [0.3, 0.4) is 0 Å². The van der Waals surface area contributed by atoms with Crippen LogP contribution in [0.5, 0.6) is 0 Å². The van der Waals surface area contributed by atoms with Gasteiger partial charge < -0.3 is 20.1 Å². The first kappa shape index (κ1) is 22.2. The molecule has 2 atom stereocenters. The third-order valence-corrected chi connectivity index (χ3v) is 5.07. The summed E-state index contributed by atoms with van der Waals surface area (Å²) in [6, 6.07) is 22.9. The zero-order valence-corrected chi connectivity index (χ0v) is 17.8. The van der Waals surface area contributed by atoms with E-state index in [-0.39, 0.29) is 25.3 Å². The normalized spacial score (nSPS) is 12.6. The van der Waals surface area contributed by atoms with E-state index in [4.69, 9.17) is 9.47 Å². The molecule has 2 N–H and O–H groups in total. The minimum absolute atomic E-state index is 0.0605. The molecule has 0 aliphatic carbocycles. The molecular formula is C25H28N2O4. The van der Waals surface area contributed by atoms with Crippen molar-refractivity contribution in [2.45, 2.75) is 39.0 Å². The summed E-state index contributed by atoms with van der Waals surface area (Å²) in [4.78, 5) is 24.3. The molecule has 6 nitrogen and oxygen atoms in total. The molecule has 0 fully saturated rings. The van der Waals surface area contributed by atoms with Gasteiger partial charge in [0.1, 0.15) is 13.2 Å². The second-order valence-corrected chi connectivity index (χ2v) is 7.34. The molecular weight excluding hydrogens is 392 g/mol. The summed E-state index contributed by atoms with van der Waals surface area (Å²) >= 11 is 0. The molecule has 0 aromatic heterocycles. The van der Waals surface area contributed by atoms with Gasteiger partial charge in [-0.1, -0.05) is 79.7 Å². The molecule has 2 amide bonds. The van der Waals surface area contributed by atoms with Gasteiger partial charge in [-0.15, -0.1) is 0 Å². The van der Waals surface area contributed by atoms with Crippen LogP contribution in [0.25, 0.3) is 10.8 Å². The van der Waals surface area contributed by atoms with Crippen LogP contribution < -0.4 is 10.6 Å². The van der Waals surface area contributed by atoms with Crippen molar-refractivity contribution in [1.29, 1.82) is 0 Å². The highest BCUT2D eigenvalue weighted by Crippen LogP contribution is 2.24. The van der Waals surface area contributed by atoms with Crippen molar-refractivity contribution >= 4 is 23.0 Å². The van der Waals surface area contributed by atoms with Crippen LogP contribution in [-0.4, -0.2) is 24.8 Å². The van der Waals surface area contributed by atoms with E-state index in [9.17, 15) is 9.59 Å². The lowest BCUT2D eigenvalue weighted by Crippen LogP contribution is -2.40. The molecule has 6 heteroatoms. The maximum absolute atomic E-state index is 12.3. The van der Waals surface area contributed by atoms with Crippen LogP contribution in [0, 0.1) is 0 Å². The van der Waals surface area contributed by atoms with E-state index in [0.717, 1.165) is 21.9 Å². The van der Waals surface area contributed by atoms with Crippen molar-refractivity contribution in [2.75, 3.05) is 6.61 Å².